The first-order chi connectivity index (χ1) is 8.28. The standard InChI is InChI=1S/C14H19NO2Si/c1-18(2,3)9-8-11-4-6-12(7-5-11)13(15)10-14(16)17/h4-7,13H,10,15H2,1-3H3,(H,16,17). The van der Waals surface area contributed by atoms with Gasteiger partial charge in [0.25, 0.3) is 0 Å². The molecular weight excluding hydrogens is 242 g/mol. The Hall–Kier alpha value is -1.57. The molecule has 0 aliphatic carbocycles. The second-order valence-electron chi connectivity index (χ2n) is 5.33. The number of benzene rings is 1. The van der Waals surface area contributed by atoms with Gasteiger partial charge in [0, 0.05) is 11.6 Å². The zero-order valence-electron chi connectivity index (χ0n) is 11.0. The quantitative estimate of drug-likeness (QED) is 0.648. The van der Waals surface area contributed by atoms with E-state index in [2.05, 4.69) is 31.1 Å². The summed E-state index contributed by atoms with van der Waals surface area (Å²) < 4.78 is 0. The lowest BCUT2D eigenvalue weighted by Gasteiger charge is -2.09. The Labute approximate surface area is 109 Å². The summed E-state index contributed by atoms with van der Waals surface area (Å²) in [6.07, 6.45) is -0.0556. The average Bonchev–Trinajstić information content (AvgIpc) is 2.25. The van der Waals surface area contributed by atoms with Crippen LogP contribution in [-0.2, 0) is 4.79 Å². The van der Waals surface area contributed by atoms with Gasteiger partial charge in [-0.05, 0) is 17.7 Å². The smallest absolute Gasteiger partial charge is 0.305 e. The van der Waals surface area contributed by atoms with Crippen LogP contribution in [0.25, 0.3) is 0 Å². The van der Waals surface area contributed by atoms with E-state index in [4.69, 9.17) is 10.8 Å². The summed E-state index contributed by atoms with van der Waals surface area (Å²) in [5.41, 5.74) is 10.8. The maximum Gasteiger partial charge on any atom is 0.305 e. The van der Waals surface area contributed by atoms with Crippen molar-refractivity contribution in [1.82, 2.24) is 0 Å². The number of aliphatic carboxylic acids is 1. The lowest BCUT2D eigenvalue weighted by Crippen LogP contribution is -2.16. The summed E-state index contributed by atoms with van der Waals surface area (Å²) in [6, 6.07) is 7.03. The van der Waals surface area contributed by atoms with E-state index in [-0.39, 0.29) is 6.42 Å². The fraction of sp³-hybridized carbons (Fsp3) is 0.357. The molecule has 1 aromatic carbocycles. The molecule has 0 spiro atoms. The minimum atomic E-state index is -1.36. The van der Waals surface area contributed by atoms with Crippen LogP contribution in [0.5, 0.6) is 0 Å². The van der Waals surface area contributed by atoms with Crippen LogP contribution in [0.3, 0.4) is 0 Å². The van der Waals surface area contributed by atoms with Crippen LogP contribution in [0.4, 0.5) is 0 Å². The summed E-state index contributed by atoms with van der Waals surface area (Å²) in [6.45, 7) is 6.57. The number of hydrogen-bond acceptors (Lipinski definition) is 2. The first kappa shape index (κ1) is 14.5. The van der Waals surface area contributed by atoms with Crippen LogP contribution in [0, 0.1) is 11.5 Å². The highest BCUT2D eigenvalue weighted by Gasteiger charge is 2.10. The Morgan fingerprint density at radius 3 is 2.33 bits per heavy atom. The monoisotopic (exact) mass is 261 g/mol. The van der Waals surface area contributed by atoms with Gasteiger partial charge in [-0.15, -0.1) is 5.54 Å². The van der Waals surface area contributed by atoms with E-state index in [0.29, 0.717) is 0 Å². The summed E-state index contributed by atoms with van der Waals surface area (Å²) in [4.78, 5) is 10.6. The molecule has 1 atom stereocenters. The number of nitrogens with two attached hydrogens (primary N) is 1. The van der Waals surface area contributed by atoms with Gasteiger partial charge < -0.3 is 10.8 Å². The molecule has 0 aliphatic rings. The summed E-state index contributed by atoms with van der Waals surface area (Å²) in [7, 11) is -1.36. The van der Waals surface area contributed by atoms with Crippen molar-refractivity contribution in [2.45, 2.75) is 32.1 Å². The fourth-order valence-corrected chi connectivity index (χ4v) is 1.90. The normalized spacial score (nSPS) is 12.4. The SMILES string of the molecule is C[Si](C)(C)C#Cc1ccc(C(N)CC(=O)O)cc1. The van der Waals surface area contributed by atoms with E-state index < -0.39 is 20.1 Å². The van der Waals surface area contributed by atoms with Crippen molar-refractivity contribution in [3.05, 3.63) is 35.4 Å². The second kappa shape index (κ2) is 5.85. The van der Waals surface area contributed by atoms with E-state index in [1.807, 2.05) is 24.3 Å². The molecule has 4 heteroatoms. The Kier molecular flexibility index (Phi) is 4.71. The van der Waals surface area contributed by atoms with Gasteiger partial charge in [0.2, 0.25) is 0 Å². The van der Waals surface area contributed by atoms with E-state index >= 15 is 0 Å². The Balaban J connectivity index is 2.79. The van der Waals surface area contributed by atoms with Crippen LogP contribution in [0.1, 0.15) is 23.6 Å². The molecular formula is C14H19NO2Si. The first-order valence-corrected chi connectivity index (χ1v) is 9.38. The number of carboxylic acids is 1. The van der Waals surface area contributed by atoms with Gasteiger partial charge in [-0.3, -0.25) is 4.79 Å². The second-order valence-corrected chi connectivity index (χ2v) is 10.1. The Morgan fingerprint density at radius 1 is 1.33 bits per heavy atom. The number of carbonyl (C=O) groups is 1. The molecule has 0 bridgehead atoms. The van der Waals surface area contributed by atoms with Crippen molar-refractivity contribution in [3.63, 3.8) is 0 Å². The third-order valence-corrected chi connectivity index (χ3v) is 3.19. The van der Waals surface area contributed by atoms with E-state index in [0.717, 1.165) is 11.1 Å². The van der Waals surface area contributed by atoms with Crippen LogP contribution in [0.2, 0.25) is 19.6 Å². The van der Waals surface area contributed by atoms with Crippen molar-refractivity contribution in [2.24, 2.45) is 5.73 Å². The summed E-state index contributed by atoms with van der Waals surface area (Å²) >= 11 is 0. The minimum Gasteiger partial charge on any atom is -0.481 e. The van der Waals surface area contributed by atoms with Gasteiger partial charge in [0.15, 0.2) is 0 Å². The predicted molar refractivity (Wildman–Crippen MR) is 75.8 cm³/mol. The molecule has 0 heterocycles. The highest BCUT2D eigenvalue weighted by molar-refractivity contribution is 6.83. The van der Waals surface area contributed by atoms with Gasteiger partial charge in [-0.25, -0.2) is 0 Å². The molecule has 18 heavy (non-hydrogen) atoms. The maximum absolute atomic E-state index is 10.6. The van der Waals surface area contributed by atoms with Gasteiger partial charge in [0.05, 0.1) is 6.42 Å². The molecule has 0 saturated carbocycles. The fourth-order valence-electron chi connectivity index (χ4n) is 1.38. The molecule has 3 nitrogen and oxygen atoms in total. The third kappa shape index (κ3) is 5.17. The molecule has 1 aromatic rings. The molecule has 1 unspecified atom stereocenters. The minimum absolute atomic E-state index is 0.0556. The molecule has 1 rings (SSSR count). The molecule has 0 saturated heterocycles. The predicted octanol–water partition coefficient (Wildman–Crippen LogP) is 2.39. The number of carboxylic acid groups (broad SMARTS) is 1. The number of rotatable bonds is 3. The topological polar surface area (TPSA) is 63.3 Å². The van der Waals surface area contributed by atoms with Gasteiger partial charge in [-0.2, -0.15) is 0 Å². The maximum atomic E-state index is 10.6. The lowest BCUT2D eigenvalue weighted by molar-refractivity contribution is -0.137. The van der Waals surface area contributed by atoms with E-state index in [9.17, 15) is 4.79 Å². The zero-order valence-corrected chi connectivity index (χ0v) is 12.0. The van der Waals surface area contributed by atoms with Crippen molar-refractivity contribution < 1.29 is 9.90 Å². The van der Waals surface area contributed by atoms with Crippen molar-refractivity contribution in [3.8, 4) is 11.5 Å². The molecule has 0 amide bonds. The Morgan fingerprint density at radius 2 is 1.89 bits per heavy atom. The average molecular weight is 261 g/mol. The van der Waals surface area contributed by atoms with Crippen molar-refractivity contribution in [2.75, 3.05) is 0 Å². The summed E-state index contributed by atoms with van der Waals surface area (Å²) in [5.74, 6) is 2.26. The van der Waals surface area contributed by atoms with Gasteiger partial charge >= 0.3 is 5.97 Å². The largest absolute Gasteiger partial charge is 0.481 e. The van der Waals surface area contributed by atoms with Gasteiger partial charge in [0.1, 0.15) is 8.07 Å². The van der Waals surface area contributed by atoms with Gasteiger partial charge in [-0.1, -0.05) is 37.7 Å². The highest BCUT2D eigenvalue weighted by atomic mass is 28.3. The molecule has 0 aliphatic heterocycles. The van der Waals surface area contributed by atoms with Crippen LogP contribution in [-0.4, -0.2) is 19.1 Å². The Bertz CT molecular complexity index is 477. The van der Waals surface area contributed by atoms with Crippen molar-refractivity contribution in [1.29, 1.82) is 0 Å². The first-order valence-electron chi connectivity index (χ1n) is 5.88. The molecule has 96 valence electrons. The van der Waals surface area contributed by atoms with E-state index in [1.165, 1.54) is 0 Å². The molecule has 0 radical (unpaired) electrons. The van der Waals surface area contributed by atoms with Crippen LogP contribution < -0.4 is 5.73 Å². The van der Waals surface area contributed by atoms with Crippen molar-refractivity contribution >= 4 is 14.0 Å². The number of hydrogen-bond donors (Lipinski definition) is 2. The molecule has 0 fully saturated rings. The van der Waals surface area contributed by atoms with Crippen LogP contribution >= 0.6 is 0 Å². The molecule has 0 aromatic heterocycles. The third-order valence-electron chi connectivity index (χ3n) is 2.32. The highest BCUT2D eigenvalue weighted by Crippen LogP contribution is 2.14. The van der Waals surface area contributed by atoms with Crippen LogP contribution in [0.15, 0.2) is 24.3 Å². The van der Waals surface area contributed by atoms with E-state index in [1.54, 1.807) is 0 Å². The summed E-state index contributed by atoms with van der Waals surface area (Å²) in [5, 5.41) is 8.68. The molecule has 3 N–H and O–H groups in total. The zero-order chi connectivity index (χ0) is 13.8. The lowest BCUT2D eigenvalue weighted by atomic mass is 10.0.